The van der Waals surface area contributed by atoms with E-state index in [1.165, 1.54) is 9.47 Å². The number of benzene rings is 1. The number of thiocarbonyl (C=S) groups is 1. The molecule has 11 heteroatoms. The molecule has 1 atom stereocenters. The summed E-state index contributed by atoms with van der Waals surface area (Å²) in [5.41, 5.74) is 1.40. The topological polar surface area (TPSA) is 95.6 Å². The number of halogens is 1. The van der Waals surface area contributed by atoms with Gasteiger partial charge in [0.15, 0.2) is 0 Å². The van der Waals surface area contributed by atoms with Gasteiger partial charge in [-0.3, -0.25) is 23.9 Å². The highest BCUT2D eigenvalue weighted by atomic mass is 35.5. The normalized spacial score (nSPS) is 18.7. The van der Waals surface area contributed by atoms with Crippen molar-refractivity contribution in [3.63, 3.8) is 0 Å². The Morgan fingerprint density at radius 1 is 1.34 bits per heavy atom. The molecule has 8 nitrogen and oxygen atoms in total. The molecule has 1 aromatic carbocycles. The Balaban J connectivity index is 1.76. The summed E-state index contributed by atoms with van der Waals surface area (Å²) in [7, 11) is 1.60. The summed E-state index contributed by atoms with van der Waals surface area (Å²) in [5, 5.41) is 10.3. The number of ether oxygens (including phenoxy) is 1. The average molecular weight is 571 g/mol. The number of pyridine rings is 1. The number of carbonyl (C=O) groups excluding carboxylic acids is 2. The number of anilines is 1. The summed E-state index contributed by atoms with van der Waals surface area (Å²) in [6.45, 7) is 4.98. The van der Waals surface area contributed by atoms with E-state index in [-0.39, 0.29) is 29.9 Å². The fourth-order valence-corrected chi connectivity index (χ4v) is 6.21. The number of aromatic nitrogens is 1. The van der Waals surface area contributed by atoms with Crippen molar-refractivity contribution in [2.45, 2.75) is 33.2 Å². The van der Waals surface area contributed by atoms with Crippen molar-refractivity contribution in [2.24, 2.45) is 13.0 Å². The van der Waals surface area contributed by atoms with E-state index in [4.69, 9.17) is 28.6 Å². The quantitative estimate of drug-likeness (QED) is 0.286. The minimum atomic E-state index is -0.429. The van der Waals surface area contributed by atoms with Crippen molar-refractivity contribution in [3.05, 3.63) is 66.8 Å². The van der Waals surface area contributed by atoms with E-state index in [0.29, 0.717) is 57.3 Å². The van der Waals surface area contributed by atoms with Gasteiger partial charge in [0.1, 0.15) is 21.8 Å². The standard InChI is InChI=1S/C27H27ClN4O4S2/c1-4-36-26(35)18-9-7-11-31(14-18)23-19(16(2)20(13-29)24(33)30(23)3)12-22-25(34)32(27(37)38-22)15-17-8-5-6-10-21(17)28/h5-6,8,10,12,18H,4,7,9,11,14-15H2,1-3H3. The highest BCUT2D eigenvalue weighted by Gasteiger charge is 2.35. The molecular formula is C27H27ClN4O4S2. The Labute approximate surface area is 235 Å². The predicted octanol–water partition coefficient (Wildman–Crippen LogP) is 4.40. The number of nitriles is 1. The Morgan fingerprint density at radius 3 is 2.76 bits per heavy atom. The third kappa shape index (κ3) is 5.37. The van der Waals surface area contributed by atoms with E-state index in [1.54, 1.807) is 33.0 Å². The number of carbonyl (C=O) groups is 2. The second kappa shape index (κ2) is 11.7. The van der Waals surface area contributed by atoms with E-state index >= 15 is 0 Å². The van der Waals surface area contributed by atoms with Crippen molar-refractivity contribution in [3.8, 4) is 6.07 Å². The molecule has 38 heavy (non-hydrogen) atoms. The average Bonchev–Trinajstić information content (AvgIpc) is 3.16. The lowest BCUT2D eigenvalue weighted by atomic mass is 9.96. The van der Waals surface area contributed by atoms with E-state index < -0.39 is 5.56 Å². The number of thioether (sulfide) groups is 1. The molecule has 1 amide bonds. The van der Waals surface area contributed by atoms with Crippen LogP contribution < -0.4 is 10.5 Å². The van der Waals surface area contributed by atoms with Gasteiger partial charge in [-0.15, -0.1) is 0 Å². The summed E-state index contributed by atoms with van der Waals surface area (Å²) >= 11 is 13.0. The second-order valence-corrected chi connectivity index (χ2v) is 11.2. The van der Waals surface area contributed by atoms with Gasteiger partial charge < -0.3 is 9.64 Å². The van der Waals surface area contributed by atoms with E-state index in [0.717, 1.165) is 23.7 Å². The van der Waals surface area contributed by atoms with Crippen LogP contribution in [0.25, 0.3) is 6.08 Å². The predicted molar refractivity (Wildman–Crippen MR) is 153 cm³/mol. The first-order valence-electron chi connectivity index (χ1n) is 12.2. The van der Waals surface area contributed by atoms with Gasteiger partial charge >= 0.3 is 5.97 Å². The van der Waals surface area contributed by atoms with Gasteiger partial charge in [-0.05, 0) is 50.0 Å². The maximum Gasteiger partial charge on any atom is 0.310 e. The highest BCUT2D eigenvalue weighted by Crippen LogP contribution is 2.37. The van der Waals surface area contributed by atoms with Crippen molar-refractivity contribution in [1.29, 1.82) is 5.26 Å². The molecule has 0 aliphatic carbocycles. The summed E-state index contributed by atoms with van der Waals surface area (Å²) in [6.07, 6.45) is 3.12. The van der Waals surface area contributed by atoms with Crippen molar-refractivity contribution in [2.75, 3.05) is 24.6 Å². The van der Waals surface area contributed by atoms with Crippen LogP contribution in [0.3, 0.4) is 0 Å². The van der Waals surface area contributed by atoms with Crippen LogP contribution in [-0.4, -0.2) is 45.4 Å². The maximum absolute atomic E-state index is 13.5. The molecule has 0 N–H and O–H groups in total. The molecule has 0 bridgehead atoms. The fourth-order valence-electron chi connectivity index (χ4n) is 4.78. The lowest BCUT2D eigenvalue weighted by Crippen LogP contribution is -2.42. The highest BCUT2D eigenvalue weighted by molar-refractivity contribution is 8.26. The monoisotopic (exact) mass is 570 g/mol. The number of rotatable bonds is 6. The molecule has 198 valence electrons. The number of esters is 1. The minimum absolute atomic E-state index is 0.00741. The summed E-state index contributed by atoms with van der Waals surface area (Å²) in [6, 6.07) is 9.28. The van der Waals surface area contributed by atoms with Gasteiger partial charge in [0, 0.05) is 30.7 Å². The molecule has 1 aromatic heterocycles. The van der Waals surface area contributed by atoms with Crippen LogP contribution in [0.15, 0.2) is 34.0 Å². The molecule has 2 aliphatic rings. The van der Waals surface area contributed by atoms with Gasteiger partial charge in [0.25, 0.3) is 11.5 Å². The molecule has 2 aromatic rings. The van der Waals surface area contributed by atoms with Crippen LogP contribution >= 0.6 is 35.6 Å². The fraction of sp³-hybridized carbons (Fsp3) is 0.370. The molecule has 2 aliphatic heterocycles. The lowest BCUT2D eigenvalue weighted by molar-refractivity contribution is -0.148. The first-order valence-corrected chi connectivity index (χ1v) is 13.8. The minimum Gasteiger partial charge on any atom is -0.466 e. The Bertz CT molecular complexity index is 1450. The summed E-state index contributed by atoms with van der Waals surface area (Å²) in [4.78, 5) is 42.9. The van der Waals surface area contributed by atoms with Gasteiger partial charge in [0.05, 0.1) is 24.0 Å². The van der Waals surface area contributed by atoms with E-state index in [9.17, 15) is 19.6 Å². The van der Waals surface area contributed by atoms with E-state index in [1.807, 2.05) is 29.2 Å². The van der Waals surface area contributed by atoms with Crippen LogP contribution in [-0.2, 0) is 27.9 Å². The van der Waals surface area contributed by atoms with Gasteiger partial charge in [0.2, 0.25) is 0 Å². The molecule has 2 saturated heterocycles. The van der Waals surface area contributed by atoms with E-state index in [2.05, 4.69) is 0 Å². The van der Waals surface area contributed by atoms with Crippen molar-refractivity contribution >= 4 is 63.7 Å². The number of amides is 1. The molecule has 2 fully saturated rings. The van der Waals surface area contributed by atoms with Crippen molar-refractivity contribution in [1.82, 2.24) is 9.47 Å². The molecule has 1 unspecified atom stereocenters. The van der Waals surface area contributed by atoms with Gasteiger partial charge in [-0.25, -0.2) is 0 Å². The van der Waals surface area contributed by atoms with Crippen molar-refractivity contribution < 1.29 is 14.3 Å². The largest absolute Gasteiger partial charge is 0.466 e. The Hall–Kier alpha value is -3.13. The number of hydrogen-bond acceptors (Lipinski definition) is 8. The van der Waals surface area contributed by atoms with Crippen LogP contribution in [0.2, 0.25) is 5.02 Å². The maximum atomic E-state index is 13.5. The zero-order chi connectivity index (χ0) is 27.6. The first-order chi connectivity index (χ1) is 18.2. The zero-order valence-electron chi connectivity index (χ0n) is 21.3. The molecular weight excluding hydrogens is 544 g/mol. The lowest BCUT2D eigenvalue weighted by Gasteiger charge is -2.35. The summed E-state index contributed by atoms with van der Waals surface area (Å²) < 4.78 is 7.07. The van der Waals surface area contributed by atoms with Crippen LogP contribution in [0.1, 0.15) is 42.0 Å². The molecule has 3 heterocycles. The molecule has 4 rings (SSSR count). The molecule has 0 spiro atoms. The third-order valence-electron chi connectivity index (χ3n) is 6.74. The molecule has 0 radical (unpaired) electrons. The van der Waals surface area contributed by atoms with Gasteiger partial charge in [-0.1, -0.05) is 53.8 Å². The van der Waals surface area contributed by atoms with Gasteiger partial charge in [-0.2, -0.15) is 5.26 Å². The first kappa shape index (κ1) is 27.9. The number of hydrogen-bond donors (Lipinski definition) is 0. The number of nitrogens with zero attached hydrogens (tertiary/aromatic N) is 4. The smallest absolute Gasteiger partial charge is 0.310 e. The Kier molecular flexibility index (Phi) is 8.61. The van der Waals surface area contributed by atoms with Crippen LogP contribution in [0.5, 0.6) is 0 Å². The summed E-state index contributed by atoms with van der Waals surface area (Å²) in [5.74, 6) is -0.330. The van der Waals surface area contributed by atoms with Crippen LogP contribution in [0.4, 0.5) is 5.82 Å². The number of piperidine rings is 1. The molecule has 0 saturated carbocycles. The zero-order valence-corrected chi connectivity index (χ0v) is 23.7. The van der Waals surface area contributed by atoms with Crippen LogP contribution in [0, 0.1) is 24.2 Å². The third-order valence-corrected chi connectivity index (χ3v) is 8.49. The second-order valence-electron chi connectivity index (χ2n) is 9.11. The SMILES string of the molecule is CCOC(=O)C1CCCN(c2c(C=C3SC(=S)N(Cc4ccccc4Cl)C3=O)c(C)c(C#N)c(=O)n2C)C1. The Morgan fingerprint density at radius 2 is 2.08 bits per heavy atom.